The molecule has 0 saturated carbocycles. The van der Waals surface area contributed by atoms with Crippen molar-refractivity contribution < 1.29 is 37.0 Å². The van der Waals surface area contributed by atoms with Crippen LogP contribution in [0.3, 0.4) is 0 Å². The Morgan fingerprint density at radius 2 is 1.94 bits per heavy atom. The van der Waals surface area contributed by atoms with E-state index < -0.39 is 66.6 Å². The lowest BCUT2D eigenvalue weighted by atomic mass is 10.1. The van der Waals surface area contributed by atoms with Crippen molar-refractivity contribution in [3.8, 4) is 5.75 Å². The maximum atomic E-state index is 14.9. The molecule has 3 N–H and O–H groups in total. The van der Waals surface area contributed by atoms with E-state index in [1.54, 1.807) is 13.8 Å². The molecule has 2 aromatic rings. The fourth-order valence-electron chi connectivity index (χ4n) is 3.40. The SMILES string of the molecule is CC(C)OC(=O)[C@H](C)CP(=O)(OC[C@H]1S[C@@H](n2ccc(N)nc2=O)[C@@H](F)[C@@H]1O)Oc1ccc(F)cc1. The zero-order chi connectivity index (χ0) is 26.6. The summed E-state index contributed by atoms with van der Waals surface area (Å²) in [4.78, 5) is 28.0. The minimum atomic E-state index is -4.08. The zero-order valence-corrected chi connectivity index (χ0v) is 21.5. The molecule has 1 aliphatic rings. The molecular weight excluding hydrogens is 519 g/mol. The summed E-state index contributed by atoms with van der Waals surface area (Å²) in [6.45, 7) is 4.40. The Kier molecular flexibility index (Phi) is 9.15. The summed E-state index contributed by atoms with van der Waals surface area (Å²) in [6.07, 6.45) is -2.92. The molecule has 3 rings (SSSR count). The Morgan fingerprint density at radius 1 is 1.28 bits per heavy atom. The van der Waals surface area contributed by atoms with E-state index in [-0.39, 0.29) is 17.7 Å². The number of carbonyl (C=O) groups is 1. The van der Waals surface area contributed by atoms with Gasteiger partial charge in [-0.15, -0.1) is 11.8 Å². The average molecular weight is 548 g/mol. The third-order valence-corrected chi connectivity index (χ3v) is 8.72. The summed E-state index contributed by atoms with van der Waals surface area (Å²) >= 11 is 0.897. The first-order chi connectivity index (χ1) is 16.9. The van der Waals surface area contributed by atoms with E-state index in [0.29, 0.717) is 0 Å². The highest BCUT2D eigenvalue weighted by atomic mass is 32.2. The number of nitrogen functional groups attached to an aromatic ring is 1. The van der Waals surface area contributed by atoms with Crippen LogP contribution < -0.4 is 15.9 Å². The Morgan fingerprint density at radius 3 is 2.56 bits per heavy atom. The van der Waals surface area contributed by atoms with E-state index in [4.69, 9.17) is 19.5 Å². The lowest BCUT2D eigenvalue weighted by Gasteiger charge is -2.24. The van der Waals surface area contributed by atoms with Crippen molar-refractivity contribution in [1.29, 1.82) is 0 Å². The number of nitrogens with zero attached hydrogens (tertiary/aromatic N) is 2. The summed E-state index contributed by atoms with van der Waals surface area (Å²) in [7, 11) is -4.08. The summed E-state index contributed by atoms with van der Waals surface area (Å²) in [5, 5.41) is 8.39. The molecule has 0 bridgehead atoms. The number of nitrogens with two attached hydrogens (primary N) is 1. The Bertz CT molecular complexity index is 1170. The minimum Gasteiger partial charge on any atom is -0.463 e. The third kappa shape index (κ3) is 7.06. The first-order valence-electron chi connectivity index (χ1n) is 11.1. The second kappa shape index (κ2) is 11.7. The van der Waals surface area contributed by atoms with Gasteiger partial charge in [0.1, 0.15) is 28.9 Å². The molecule has 1 aliphatic heterocycles. The molecule has 0 radical (unpaired) electrons. The normalized spacial score (nSPS) is 24.3. The molecule has 1 aromatic heterocycles. The predicted molar refractivity (Wildman–Crippen MR) is 130 cm³/mol. The molecule has 0 amide bonds. The molecule has 2 heterocycles. The van der Waals surface area contributed by atoms with Crippen LogP contribution in [0.4, 0.5) is 14.6 Å². The van der Waals surface area contributed by atoms with Crippen LogP contribution >= 0.6 is 19.4 Å². The average Bonchev–Trinajstić information content (AvgIpc) is 3.07. The van der Waals surface area contributed by atoms with E-state index in [0.717, 1.165) is 28.5 Å². The van der Waals surface area contributed by atoms with Gasteiger partial charge in [-0.05, 0) is 44.2 Å². The van der Waals surface area contributed by atoms with E-state index in [1.165, 1.54) is 31.3 Å². The van der Waals surface area contributed by atoms with Gasteiger partial charge in [0.25, 0.3) is 0 Å². The second-order valence-electron chi connectivity index (χ2n) is 8.56. The summed E-state index contributed by atoms with van der Waals surface area (Å²) < 4.78 is 59.1. The van der Waals surface area contributed by atoms with Gasteiger partial charge in [0.05, 0.1) is 30.0 Å². The molecule has 10 nitrogen and oxygen atoms in total. The van der Waals surface area contributed by atoms with Crippen LogP contribution in [0.1, 0.15) is 26.1 Å². The number of aliphatic hydroxyl groups excluding tert-OH is 1. The van der Waals surface area contributed by atoms with Crippen LogP contribution in [0.15, 0.2) is 41.3 Å². The van der Waals surface area contributed by atoms with Gasteiger partial charge in [-0.25, -0.2) is 18.1 Å². The number of ether oxygens (including phenoxy) is 1. The second-order valence-corrected chi connectivity index (χ2v) is 12.0. The number of thioether (sulfide) groups is 1. The molecule has 198 valence electrons. The fraction of sp³-hybridized carbons (Fsp3) is 0.500. The number of rotatable bonds is 10. The highest BCUT2D eigenvalue weighted by Gasteiger charge is 2.46. The van der Waals surface area contributed by atoms with Gasteiger partial charge in [0.2, 0.25) is 0 Å². The smallest absolute Gasteiger partial charge is 0.380 e. The number of hydrogen-bond donors (Lipinski definition) is 2. The minimum absolute atomic E-state index is 0.0286. The van der Waals surface area contributed by atoms with Gasteiger partial charge in [0, 0.05) is 6.20 Å². The number of alkyl halides is 1. The Labute approximate surface area is 210 Å². The van der Waals surface area contributed by atoms with Crippen molar-refractivity contribution in [2.24, 2.45) is 5.92 Å². The number of aliphatic hydroxyl groups is 1. The zero-order valence-electron chi connectivity index (χ0n) is 19.8. The standard InChI is InChI=1S/C22H28F2N3O7PS/c1-12(2)33-21(29)13(3)11-35(31,34-15-6-4-14(23)5-7-15)32-10-16-19(28)18(24)20(36-16)27-9-8-17(25)26-22(27)30/h4-9,12-13,16,18-20,28H,10-11H2,1-3H3,(H2,25,26,30)/t13-,16-,18+,19-,20-,35?/m1/s1. The number of halogens is 2. The Balaban J connectivity index is 1.76. The topological polar surface area (TPSA) is 143 Å². The van der Waals surface area contributed by atoms with Crippen LogP contribution in [0.2, 0.25) is 0 Å². The van der Waals surface area contributed by atoms with Crippen molar-refractivity contribution in [3.05, 3.63) is 52.8 Å². The number of aromatic nitrogens is 2. The maximum absolute atomic E-state index is 14.9. The number of anilines is 1. The van der Waals surface area contributed by atoms with Gasteiger partial charge in [-0.1, -0.05) is 6.92 Å². The molecule has 1 fully saturated rings. The molecule has 36 heavy (non-hydrogen) atoms. The summed E-state index contributed by atoms with van der Waals surface area (Å²) in [5.74, 6) is -2.04. The third-order valence-electron chi connectivity index (χ3n) is 5.16. The van der Waals surface area contributed by atoms with Crippen molar-refractivity contribution in [2.45, 2.75) is 49.8 Å². The fourth-order valence-corrected chi connectivity index (χ4v) is 6.81. The van der Waals surface area contributed by atoms with Crippen molar-refractivity contribution in [3.63, 3.8) is 0 Å². The number of hydrogen-bond acceptors (Lipinski definition) is 10. The first kappa shape index (κ1) is 28.1. The maximum Gasteiger partial charge on any atom is 0.380 e. The number of carbonyl (C=O) groups excluding carboxylic acids is 1. The lowest BCUT2D eigenvalue weighted by Crippen LogP contribution is -2.33. The van der Waals surface area contributed by atoms with Crippen LogP contribution in [0.25, 0.3) is 0 Å². The van der Waals surface area contributed by atoms with Crippen LogP contribution in [-0.2, 0) is 18.6 Å². The van der Waals surface area contributed by atoms with Crippen LogP contribution in [0, 0.1) is 11.7 Å². The van der Waals surface area contributed by atoms with Gasteiger partial charge in [-0.2, -0.15) is 4.98 Å². The predicted octanol–water partition coefficient (Wildman–Crippen LogP) is 3.15. The summed E-state index contributed by atoms with van der Waals surface area (Å²) in [5.41, 5.74) is 4.69. The van der Waals surface area contributed by atoms with Crippen LogP contribution in [0.5, 0.6) is 5.75 Å². The van der Waals surface area contributed by atoms with E-state index >= 15 is 0 Å². The van der Waals surface area contributed by atoms with Crippen molar-refractivity contribution in [2.75, 3.05) is 18.5 Å². The van der Waals surface area contributed by atoms with Gasteiger partial charge in [-0.3, -0.25) is 13.9 Å². The highest BCUT2D eigenvalue weighted by molar-refractivity contribution is 8.00. The molecule has 1 saturated heterocycles. The Hall–Kier alpha value is -2.47. The molecule has 1 aromatic carbocycles. The monoisotopic (exact) mass is 547 g/mol. The molecule has 0 aliphatic carbocycles. The molecule has 14 heteroatoms. The van der Waals surface area contributed by atoms with Gasteiger partial charge >= 0.3 is 19.3 Å². The van der Waals surface area contributed by atoms with Crippen LogP contribution in [-0.4, -0.2) is 57.0 Å². The molecule has 1 unspecified atom stereocenters. The molecule has 0 spiro atoms. The number of esters is 1. The first-order valence-corrected chi connectivity index (χ1v) is 13.8. The van der Waals surface area contributed by atoms with E-state index in [2.05, 4.69) is 4.98 Å². The van der Waals surface area contributed by atoms with Gasteiger partial charge < -0.3 is 20.1 Å². The molecular formula is C22H28F2N3O7PS. The van der Waals surface area contributed by atoms with E-state index in [1.807, 2.05) is 0 Å². The largest absolute Gasteiger partial charge is 0.463 e. The quantitative estimate of drug-likeness (QED) is 0.336. The molecule has 6 atom stereocenters. The van der Waals surface area contributed by atoms with Crippen molar-refractivity contribution >= 4 is 31.1 Å². The lowest BCUT2D eigenvalue weighted by molar-refractivity contribution is -0.151. The van der Waals surface area contributed by atoms with Crippen molar-refractivity contribution in [1.82, 2.24) is 9.55 Å². The number of benzene rings is 1. The summed E-state index contributed by atoms with van der Waals surface area (Å²) in [6, 6.07) is 6.02. The van der Waals surface area contributed by atoms with Gasteiger partial charge in [0.15, 0.2) is 6.17 Å². The highest BCUT2D eigenvalue weighted by Crippen LogP contribution is 2.52. The van der Waals surface area contributed by atoms with E-state index in [9.17, 15) is 28.0 Å².